The third kappa shape index (κ3) is 5.46. The van der Waals surface area contributed by atoms with E-state index in [1.54, 1.807) is 0 Å². The van der Waals surface area contributed by atoms with Crippen molar-refractivity contribution in [2.45, 2.75) is 34.1 Å². The maximum atomic E-state index is 5.94. The summed E-state index contributed by atoms with van der Waals surface area (Å²) in [4.78, 5) is 4.84. The van der Waals surface area contributed by atoms with Crippen LogP contribution in [0.25, 0.3) is 0 Å². The Balaban J connectivity index is 2.65. The lowest BCUT2D eigenvalue weighted by Gasteiger charge is -2.26. The number of nitrogen functional groups attached to an aromatic ring is 1. The molecule has 1 aromatic rings. The highest BCUT2D eigenvalue weighted by atomic mass is 16.5. The molecule has 0 fully saturated rings. The van der Waals surface area contributed by atoms with Gasteiger partial charge in [0, 0.05) is 24.8 Å². The zero-order valence-electron chi connectivity index (χ0n) is 14.1. The quantitative estimate of drug-likeness (QED) is 0.673. The highest BCUT2D eigenvalue weighted by Gasteiger charge is 2.08. The highest BCUT2D eigenvalue weighted by Crippen LogP contribution is 2.27. The standard InChI is InChI=1S/C17H31N3O/c1-5-19(6-2)12-9-13-20(7-3)15-10-11-16(18)17(14-15)21-8-4/h10-11,14H,5-9,12-13,18H2,1-4H3. The molecule has 0 atom stereocenters. The van der Waals surface area contributed by atoms with E-state index in [-0.39, 0.29) is 0 Å². The molecule has 0 bridgehead atoms. The van der Waals surface area contributed by atoms with Crippen molar-refractivity contribution in [2.24, 2.45) is 0 Å². The summed E-state index contributed by atoms with van der Waals surface area (Å²) in [6, 6.07) is 6.08. The largest absolute Gasteiger partial charge is 0.492 e. The normalized spacial score (nSPS) is 10.9. The predicted octanol–water partition coefficient (Wildman–Crippen LogP) is 3.23. The van der Waals surface area contributed by atoms with Crippen molar-refractivity contribution in [1.82, 2.24) is 4.90 Å². The molecule has 0 unspecified atom stereocenters. The van der Waals surface area contributed by atoms with Gasteiger partial charge in [0.05, 0.1) is 12.3 Å². The van der Waals surface area contributed by atoms with Gasteiger partial charge in [-0.3, -0.25) is 0 Å². The molecule has 4 heteroatoms. The van der Waals surface area contributed by atoms with Crippen LogP contribution in [0.15, 0.2) is 18.2 Å². The zero-order chi connectivity index (χ0) is 15.7. The van der Waals surface area contributed by atoms with Crippen LogP contribution in [0, 0.1) is 0 Å². The molecule has 0 heterocycles. The number of benzene rings is 1. The summed E-state index contributed by atoms with van der Waals surface area (Å²) >= 11 is 0. The first kappa shape index (κ1) is 17.6. The second kappa shape index (κ2) is 9.50. The van der Waals surface area contributed by atoms with Crippen molar-refractivity contribution in [3.63, 3.8) is 0 Å². The minimum atomic E-state index is 0.641. The van der Waals surface area contributed by atoms with Crippen LogP contribution in [0.3, 0.4) is 0 Å². The molecular weight excluding hydrogens is 262 g/mol. The Hall–Kier alpha value is -1.42. The molecule has 0 radical (unpaired) electrons. The van der Waals surface area contributed by atoms with Gasteiger partial charge in [-0.15, -0.1) is 0 Å². The van der Waals surface area contributed by atoms with Crippen LogP contribution in [-0.4, -0.2) is 44.2 Å². The molecule has 1 aromatic carbocycles. The van der Waals surface area contributed by atoms with E-state index in [0.717, 1.165) is 38.5 Å². The summed E-state index contributed by atoms with van der Waals surface area (Å²) in [7, 11) is 0. The van der Waals surface area contributed by atoms with E-state index in [4.69, 9.17) is 10.5 Å². The molecule has 0 saturated carbocycles. The molecule has 0 aromatic heterocycles. The summed E-state index contributed by atoms with van der Waals surface area (Å²) < 4.78 is 5.59. The number of ether oxygens (including phenoxy) is 1. The number of rotatable bonds is 10. The first-order chi connectivity index (χ1) is 10.2. The average Bonchev–Trinajstić information content (AvgIpc) is 2.50. The van der Waals surface area contributed by atoms with E-state index in [1.165, 1.54) is 12.1 Å². The van der Waals surface area contributed by atoms with E-state index in [9.17, 15) is 0 Å². The maximum Gasteiger partial charge on any atom is 0.144 e. The van der Waals surface area contributed by atoms with E-state index < -0.39 is 0 Å². The lowest BCUT2D eigenvalue weighted by atomic mass is 10.2. The maximum absolute atomic E-state index is 5.94. The minimum absolute atomic E-state index is 0.641. The number of anilines is 2. The Bertz CT molecular complexity index is 405. The molecule has 1 rings (SSSR count). The van der Waals surface area contributed by atoms with E-state index >= 15 is 0 Å². The first-order valence-corrected chi connectivity index (χ1v) is 8.15. The van der Waals surface area contributed by atoms with E-state index in [1.807, 2.05) is 13.0 Å². The summed E-state index contributed by atoms with van der Waals surface area (Å²) in [5.74, 6) is 0.789. The van der Waals surface area contributed by atoms with Crippen LogP contribution in [0.4, 0.5) is 11.4 Å². The topological polar surface area (TPSA) is 41.7 Å². The van der Waals surface area contributed by atoms with Crippen LogP contribution in [-0.2, 0) is 0 Å². The summed E-state index contributed by atoms with van der Waals surface area (Å²) in [6.07, 6.45) is 1.17. The predicted molar refractivity (Wildman–Crippen MR) is 92.3 cm³/mol. The van der Waals surface area contributed by atoms with Gasteiger partial charge in [0.2, 0.25) is 0 Å². The molecule has 4 nitrogen and oxygen atoms in total. The number of nitrogens with zero attached hydrogens (tertiary/aromatic N) is 2. The third-order valence-electron chi connectivity index (χ3n) is 3.84. The van der Waals surface area contributed by atoms with Crippen molar-refractivity contribution >= 4 is 11.4 Å². The fourth-order valence-electron chi connectivity index (χ4n) is 2.50. The smallest absolute Gasteiger partial charge is 0.144 e. The molecule has 0 aliphatic heterocycles. The Morgan fingerprint density at radius 3 is 2.29 bits per heavy atom. The van der Waals surface area contributed by atoms with Crippen molar-refractivity contribution in [3.05, 3.63) is 18.2 Å². The van der Waals surface area contributed by atoms with E-state index in [0.29, 0.717) is 12.3 Å². The fraction of sp³-hybridized carbons (Fsp3) is 0.647. The molecule has 0 aliphatic rings. The number of nitrogens with two attached hydrogens (primary N) is 1. The Kier molecular flexibility index (Phi) is 7.98. The van der Waals surface area contributed by atoms with Crippen LogP contribution >= 0.6 is 0 Å². The zero-order valence-corrected chi connectivity index (χ0v) is 14.1. The van der Waals surface area contributed by atoms with Crippen LogP contribution < -0.4 is 15.4 Å². The van der Waals surface area contributed by atoms with Gasteiger partial charge < -0.3 is 20.3 Å². The molecule has 21 heavy (non-hydrogen) atoms. The Morgan fingerprint density at radius 1 is 1.00 bits per heavy atom. The van der Waals surface area contributed by atoms with Gasteiger partial charge in [-0.25, -0.2) is 0 Å². The molecule has 0 spiro atoms. The summed E-state index contributed by atoms with van der Waals surface area (Å²) in [6.45, 7) is 14.7. The fourth-order valence-corrected chi connectivity index (χ4v) is 2.50. The minimum Gasteiger partial charge on any atom is -0.492 e. The van der Waals surface area contributed by atoms with Gasteiger partial charge in [-0.2, -0.15) is 0 Å². The molecule has 0 aliphatic carbocycles. The van der Waals surface area contributed by atoms with Crippen molar-refractivity contribution in [1.29, 1.82) is 0 Å². The Labute approximate surface area is 129 Å². The van der Waals surface area contributed by atoms with Crippen LogP contribution in [0.1, 0.15) is 34.1 Å². The lowest BCUT2D eigenvalue weighted by Crippen LogP contribution is -2.30. The van der Waals surface area contributed by atoms with Gasteiger partial charge in [-0.1, -0.05) is 13.8 Å². The van der Waals surface area contributed by atoms with Gasteiger partial charge >= 0.3 is 0 Å². The SMILES string of the molecule is CCOc1cc(N(CC)CCCN(CC)CC)ccc1N. The van der Waals surface area contributed by atoms with Gasteiger partial charge in [0.15, 0.2) is 0 Å². The lowest BCUT2D eigenvalue weighted by molar-refractivity contribution is 0.300. The highest BCUT2D eigenvalue weighted by molar-refractivity contribution is 5.62. The average molecular weight is 293 g/mol. The second-order valence-corrected chi connectivity index (χ2v) is 5.12. The molecule has 2 N–H and O–H groups in total. The van der Waals surface area contributed by atoms with Crippen LogP contribution in [0.5, 0.6) is 5.75 Å². The molecule has 120 valence electrons. The molecular formula is C17H31N3O. The van der Waals surface area contributed by atoms with Crippen molar-refractivity contribution < 1.29 is 4.74 Å². The first-order valence-electron chi connectivity index (χ1n) is 8.15. The Morgan fingerprint density at radius 2 is 1.71 bits per heavy atom. The monoisotopic (exact) mass is 293 g/mol. The number of hydrogen-bond donors (Lipinski definition) is 1. The van der Waals surface area contributed by atoms with E-state index in [2.05, 4.69) is 42.7 Å². The van der Waals surface area contributed by atoms with Gasteiger partial charge in [-0.05, 0) is 52.0 Å². The summed E-state index contributed by atoms with van der Waals surface area (Å²) in [5.41, 5.74) is 7.84. The second-order valence-electron chi connectivity index (χ2n) is 5.12. The summed E-state index contributed by atoms with van der Waals surface area (Å²) in [5, 5.41) is 0. The third-order valence-corrected chi connectivity index (χ3v) is 3.84. The van der Waals surface area contributed by atoms with Crippen LogP contribution in [0.2, 0.25) is 0 Å². The molecule has 0 saturated heterocycles. The molecule has 0 amide bonds. The van der Waals surface area contributed by atoms with Gasteiger partial charge in [0.25, 0.3) is 0 Å². The van der Waals surface area contributed by atoms with Gasteiger partial charge in [0.1, 0.15) is 5.75 Å². The van der Waals surface area contributed by atoms with Crippen molar-refractivity contribution in [3.8, 4) is 5.75 Å². The van der Waals surface area contributed by atoms with Crippen molar-refractivity contribution in [2.75, 3.05) is 50.0 Å². The number of hydrogen-bond acceptors (Lipinski definition) is 4.